The topological polar surface area (TPSA) is 15.8 Å². The number of fused-ring (bicyclic) bond motifs is 1. The van der Waals surface area contributed by atoms with Crippen molar-refractivity contribution in [3.63, 3.8) is 0 Å². The molecule has 1 unspecified atom stereocenters. The Balaban J connectivity index is 2.19. The fourth-order valence-corrected chi connectivity index (χ4v) is 3.62. The third-order valence-corrected chi connectivity index (χ3v) is 4.73. The van der Waals surface area contributed by atoms with Gasteiger partial charge in [-0.15, -0.1) is 11.3 Å². The second kappa shape index (κ2) is 5.41. The quantitative estimate of drug-likeness (QED) is 0.611. The van der Waals surface area contributed by atoms with Gasteiger partial charge in [-0.2, -0.15) is 4.39 Å². The molecule has 1 nitrogen and oxygen atoms in total. The van der Waals surface area contributed by atoms with Crippen LogP contribution in [0.4, 0.5) is 4.39 Å². The molecule has 2 aromatic heterocycles. The van der Waals surface area contributed by atoms with Crippen LogP contribution in [0.1, 0.15) is 38.2 Å². The maximum atomic E-state index is 13.3. The smallest absolute Gasteiger partial charge is 0.176 e. The lowest BCUT2D eigenvalue weighted by atomic mass is 9.93. The van der Waals surface area contributed by atoms with E-state index in [1.165, 1.54) is 35.1 Å². The second-order valence-electron chi connectivity index (χ2n) is 5.27. The summed E-state index contributed by atoms with van der Waals surface area (Å²) < 4.78 is 13.3. The molecule has 104 valence electrons. The maximum absolute atomic E-state index is 13.3. The SMILES string of the molecule is CCCC(C)c1c[nH]c2cccc(-c3ccc(F)s3)c12. The molecule has 1 aromatic carbocycles. The molecule has 1 atom stereocenters. The number of hydrogen-bond donors (Lipinski definition) is 1. The van der Waals surface area contributed by atoms with Crippen LogP contribution in [0.25, 0.3) is 21.3 Å². The number of thiophene rings is 1. The number of nitrogens with one attached hydrogen (secondary N) is 1. The molecule has 0 aliphatic carbocycles. The Morgan fingerprint density at radius 2 is 2.10 bits per heavy atom. The minimum Gasteiger partial charge on any atom is -0.361 e. The van der Waals surface area contributed by atoms with Gasteiger partial charge in [-0.3, -0.25) is 0 Å². The highest BCUT2D eigenvalue weighted by Crippen LogP contribution is 2.38. The number of halogens is 1. The fraction of sp³-hybridized carbons (Fsp3) is 0.294. The summed E-state index contributed by atoms with van der Waals surface area (Å²) in [6, 6.07) is 9.62. The molecule has 0 radical (unpaired) electrons. The van der Waals surface area contributed by atoms with Crippen LogP contribution in [0, 0.1) is 5.13 Å². The van der Waals surface area contributed by atoms with Gasteiger partial charge in [0.2, 0.25) is 0 Å². The molecule has 1 N–H and O–H groups in total. The van der Waals surface area contributed by atoms with Crippen molar-refractivity contribution in [1.29, 1.82) is 0 Å². The molecule has 3 aromatic rings. The molecule has 0 saturated heterocycles. The van der Waals surface area contributed by atoms with Crippen LogP contribution in [-0.4, -0.2) is 4.98 Å². The monoisotopic (exact) mass is 287 g/mol. The maximum Gasteiger partial charge on any atom is 0.176 e. The van der Waals surface area contributed by atoms with Crippen LogP contribution < -0.4 is 0 Å². The minimum absolute atomic E-state index is 0.129. The summed E-state index contributed by atoms with van der Waals surface area (Å²) in [4.78, 5) is 4.35. The average molecular weight is 287 g/mol. The van der Waals surface area contributed by atoms with Crippen LogP contribution in [0.2, 0.25) is 0 Å². The van der Waals surface area contributed by atoms with E-state index >= 15 is 0 Å². The summed E-state index contributed by atoms with van der Waals surface area (Å²) in [6.07, 6.45) is 4.45. The summed E-state index contributed by atoms with van der Waals surface area (Å²) in [6.45, 7) is 4.47. The number of aromatic nitrogens is 1. The van der Waals surface area contributed by atoms with Crippen LogP contribution >= 0.6 is 11.3 Å². The van der Waals surface area contributed by atoms with Gasteiger partial charge < -0.3 is 4.98 Å². The molecule has 0 amide bonds. The van der Waals surface area contributed by atoms with Crippen molar-refractivity contribution in [2.75, 3.05) is 0 Å². The largest absolute Gasteiger partial charge is 0.361 e. The van der Waals surface area contributed by atoms with E-state index in [4.69, 9.17) is 0 Å². The van der Waals surface area contributed by atoms with Crippen molar-refractivity contribution in [1.82, 2.24) is 4.98 Å². The zero-order valence-corrected chi connectivity index (χ0v) is 12.6. The summed E-state index contributed by atoms with van der Waals surface area (Å²) in [5, 5.41) is 1.12. The first-order valence-corrected chi connectivity index (χ1v) is 7.88. The van der Waals surface area contributed by atoms with Gasteiger partial charge in [0.25, 0.3) is 0 Å². The predicted molar refractivity (Wildman–Crippen MR) is 84.9 cm³/mol. The molecule has 0 spiro atoms. The first kappa shape index (κ1) is 13.4. The van der Waals surface area contributed by atoms with Gasteiger partial charge in [0.05, 0.1) is 0 Å². The Bertz CT molecular complexity index is 726. The minimum atomic E-state index is -0.129. The normalized spacial score (nSPS) is 12.9. The Hall–Kier alpha value is -1.61. The Morgan fingerprint density at radius 1 is 1.25 bits per heavy atom. The zero-order chi connectivity index (χ0) is 14.1. The van der Waals surface area contributed by atoms with E-state index in [9.17, 15) is 4.39 Å². The first-order chi connectivity index (χ1) is 9.70. The molecular formula is C17H18FNS. The average Bonchev–Trinajstić information content (AvgIpc) is 3.04. The van der Waals surface area contributed by atoms with E-state index in [1.54, 1.807) is 6.07 Å². The Kier molecular flexibility index (Phi) is 3.62. The highest BCUT2D eigenvalue weighted by molar-refractivity contribution is 7.14. The van der Waals surface area contributed by atoms with Crippen molar-refractivity contribution >= 4 is 22.2 Å². The summed E-state index contributed by atoms with van der Waals surface area (Å²) >= 11 is 1.21. The molecule has 0 bridgehead atoms. The Morgan fingerprint density at radius 3 is 2.80 bits per heavy atom. The number of rotatable bonds is 4. The highest BCUT2D eigenvalue weighted by Gasteiger charge is 2.15. The van der Waals surface area contributed by atoms with Crippen molar-refractivity contribution in [2.24, 2.45) is 0 Å². The zero-order valence-electron chi connectivity index (χ0n) is 11.7. The van der Waals surface area contributed by atoms with Crippen molar-refractivity contribution in [3.8, 4) is 10.4 Å². The standard InChI is InChI=1S/C17H18FNS/c1-3-5-11(2)13-10-19-14-7-4-6-12(17(13)14)15-8-9-16(18)20-15/h4,6-11,19H,3,5H2,1-2H3. The number of benzene rings is 1. The van der Waals surface area contributed by atoms with E-state index in [1.807, 2.05) is 12.1 Å². The number of aromatic amines is 1. The predicted octanol–water partition coefficient (Wildman–Crippen LogP) is 5.94. The third-order valence-electron chi connectivity index (χ3n) is 3.83. The molecule has 2 heterocycles. The third kappa shape index (κ3) is 2.27. The Labute approximate surface area is 122 Å². The van der Waals surface area contributed by atoms with Crippen LogP contribution in [0.15, 0.2) is 36.5 Å². The van der Waals surface area contributed by atoms with Crippen LogP contribution in [0.5, 0.6) is 0 Å². The molecule has 0 saturated carbocycles. The van der Waals surface area contributed by atoms with E-state index in [0.717, 1.165) is 16.0 Å². The van der Waals surface area contributed by atoms with E-state index in [-0.39, 0.29) is 5.13 Å². The molecule has 0 fully saturated rings. The van der Waals surface area contributed by atoms with Gasteiger partial charge in [0.1, 0.15) is 0 Å². The lowest BCUT2D eigenvalue weighted by Crippen LogP contribution is -1.92. The molecular weight excluding hydrogens is 269 g/mol. The second-order valence-corrected chi connectivity index (χ2v) is 6.30. The van der Waals surface area contributed by atoms with Crippen LogP contribution in [0.3, 0.4) is 0 Å². The van der Waals surface area contributed by atoms with Gasteiger partial charge in [-0.25, -0.2) is 0 Å². The number of H-pyrrole nitrogens is 1. The van der Waals surface area contributed by atoms with Crippen molar-refractivity contribution < 1.29 is 4.39 Å². The highest BCUT2D eigenvalue weighted by atomic mass is 32.1. The van der Waals surface area contributed by atoms with Gasteiger partial charge in [0.15, 0.2) is 5.13 Å². The van der Waals surface area contributed by atoms with Gasteiger partial charge in [0, 0.05) is 27.5 Å². The van der Waals surface area contributed by atoms with Crippen LogP contribution in [-0.2, 0) is 0 Å². The lowest BCUT2D eigenvalue weighted by Gasteiger charge is -2.11. The first-order valence-electron chi connectivity index (χ1n) is 7.06. The van der Waals surface area contributed by atoms with E-state index < -0.39 is 0 Å². The van der Waals surface area contributed by atoms with Crippen molar-refractivity contribution in [3.05, 3.63) is 47.2 Å². The summed E-state index contributed by atoms with van der Waals surface area (Å²) in [5.41, 5.74) is 3.61. The van der Waals surface area contributed by atoms with E-state index in [2.05, 4.69) is 37.2 Å². The molecule has 3 rings (SSSR count). The summed E-state index contributed by atoms with van der Waals surface area (Å²) in [7, 11) is 0. The molecule has 3 heteroatoms. The molecule has 0 aliphatic rings. The van der Waals surface area contributed by atoms with Gasteiger partial charge in [-0.1, -0.05) is 32.4 Å². The summed E-state index contributed by atoms with van der Waals surface area (Å²) in [5.74, 6) is 0.514. The van der Waals surface area contributed by atoms with Gasteiger partial charge >= 0.3 is 0 Å². The van der Waals surface area contributed by atoms with Crippen molar-refractivity contribution in [2.45, 2.75) is 32.6 Å². The van der Waals surface area contributed by atoms with Gasteiger partial charge in [-0.05, 0) is 36.1 Å². The molecule has 20 heavy (non-hydrogen) atoms. The molecule has 0 aliphatic heterocycles. The lowest BCUT2D eigenvalue weighted by molar-refractivity contribution is 0.657. The van der Waals surface area contributed by atoms with E-state index in [0.29, 0.717) is 5.92 Å². The number of hydrogen-bond acceptors (Lipinski definition) is 1. The fourth-order valence-electron chi connectivity index (χ4n) is 2.85.